The molecule has 4 rings (SSSR count). The fourth-order valence-corrected chi connectivity index (χ4v) is 2.69. The van der Waals surface area contributed by atoms with Crippen LogP contribution in [-0.2, 0) is 5.41 Å². The van der Waals surface area contributed by atoms with Crippen LogP contribution in [0.15, 0.2) is 59.1 Å². The highest BCUT2D eigenvalue weighted by Crippen LogP contribution is 2.52. The lowest BCUT2D eigenvalue weighted by Crippen LogP contribution is -2.08. The molecule has 1 aliphatic carbocycles. The molecule has 1 N–H and O–H groups in total. The van der Waals surface area contributed by atoms with E-state index in [0.717, 1.165) is 18.4 Å². The monoisotopic (exact) mass is 278 g/mol. The average molecular weight is 278 g/mol. The Labute approximate surface area is 122 Å². The normalized spacial score (nSPS) is 15.8. The molecule has 1 heterocycles. The predicted octanol–water partition coefficient (Wildman–Crippen LogP) is 3.52. The number of hydrogen-bond donors (Lipinski definition) is 1. The second-order valence-corrected chi connectivity index (χ2v) is 5.42. The minimum atomic E-state index is -0.122. The molecule has 1 saturated carbocycles. The molecule has 1 aliphatic rings. The third kappa shape index (κ3) is 2.00. The van der Waals surface area contributed by atoms with Crippen molar-refractivity contribution in [1.82, 2.24) is 10.1 Å². The van der Waals surface area contributed by atoms with Crippen molar-refractivity contribution >= 4 is 0 Å². The summed E-state index contributed by atoms with van der Waals surface area (Å²) in [6, 6.07) is 17.2. The Morgan fingerprint density at radius 1 is 1.00 bits per heavy atom. The third-order valence-corrected chi connectivity index (χ3v) is 4.02. The molecule has 0 saturated heterocycles. The van der Waals surface area contributed by atoms with Gasteiger partial charge in [-0.05, 0) is 30.5 Å². The maximum absolute atomic E-state index is 9.55. The fourth-order valence-electron chi connectivity index (χ4n) is 2.69. The first-order chi connectivity index (χ1) is 10.3. The van der Waals surface area contributed by atoms with Gasteiger partial charge < -0.3 is 9.63 Å². The molecule has 4 heteroatoms. The van der Waals surface area contributed by atoms with Crippen LogP contribution in [-0.4, -0.2) is 15.2 Å². The van der Waals surface area contributed by atoms with E-state index >= 15 is 0 Å². The van der Waals surface area contributed by atoms with Crippen molar-refractivity contribution in [3.8, 4) is 17.1 Å². The standard InChI is InChI=1S/C17H14N2O2/c20-14-8-4-5-12(11-14)15-18-16(21-19-15)17(9-10-17)13-6-2-1-3-7-13/h1-8,11,20H,9-10H2. The molecule has 21 heavy (non-hydrogen) atoms. The topological polar surface area (TPSA) is 59.2 Å². The quantitative estimate of drug-likeness (QED) is 0.796. The molecule has 1 fully saturated rings. The highest BCUT2D eigenvalue weighted by molar-refractivity contribution is 5.57. The molecule has 0 atom stereocenters. The fraction of sp³-hybridized carbons (Fsp3) is 0.176. The Bertz CT molecular complexity index is 776. The molecule has 0 spiro atoms. The minimum absolute atomic E-state index is 0.122. The van der Waals surface area contributed by atoms with Crippen molar-refractivity contribution in [3.63, 3.8) is 0 Å². The second-order valence-electron chi connectivity index (χ2n) is 5.42. The number of phenols is 1. The van der Waals surface area contributed by atoms with Crippen molar-refractivity contribution in [2.24, 2.45) is 0 Å². The van der Waals surface area contributed by atoms with Crippen molar-refractivity contribution in [2.45, 2.75) is 18.3 Å². The molecule has 0 aliphatic heterocycles. The zero-order chi connectivity index (χ0) is 14.3. The Morgan fingerprint density at radius 2 is 1.81 bits per heavy atom. The first-order valence-electron chi connectivity index (χ1n) is 6.97. The van der Waals surface area contributed by atoms with Gasteiger partial charge in [-0.2, -0.15) is 4.98 Å². The van der Waals surface area contributed by atoms with E-state index in [1.54, 1.807) is 18.2 Å². The van der Waals surface area contributed by atoms with Crippen molar-refractivity contribution < 1.29 is 9.63 Å². The summed E-state index contributed by atoms with van der Waals surface area (Å²) in [7, 11) is 0. The number of phenolic OH excluding ortho intramolecular Hbond substituents is 1. The summed E-state index contributed by atoms with van der Waals surface area (Å²) in [6.07, 6.45) is 2.05. The Kier molecular flexibility index (Phi) is 2.57. The van der Waals surface area contributed by atoms with Gasteiger partial charge in [0.25, 0.3) is 0 Å². The third-order valence-electron chi connectivity index (χ3n) is 4.02. The SMILES string of the molecule is Oc1cccc(-c2noc(C3(c4ccccc4)CC3)n2)c1. The lowest BCUT2D eigenvalue weighted by Gasteiger charge is -2.09. The van der Waals surface area contributed by atoms with Crippen LogP contribution in [0.5, 0.6) is 5.75 Å². The molecule has 0 amide bonds. The minimum Gasteiger partial charge on any atom is -0.508 e. The van der Waals surface area contributed by atoms with Crippen LogP contribution in [0, 0.1) is 0 Å². The number of rotatable bonds is 3. The highest BCUT2D eigenvalue weighted by Gasteiger charge is 2.50. The van der Waals surface area contributed by atoms with Crippen molar-refractivity contribution in [3.05, 3.63) is 66.1 Å². The van der Waals surface area contributed by atoms with Gasteiger partial charge in [-0.25, -0.2) is 0 Å². The molecule has 104 valence electrons. The summed E-state index contributed by atoms with van der Waals surface area (Å²) in [6.45, 7) is 0. The molecule has 3 aromatic rings. The van der Waals surface area contributed by atoms with Gasteiger partial charge in [-0.15, -0.1) is 0 Å². The van der Waals surface area contributed by atoms with E-state index in [2.05, 4.69) is 22.3 Å². The summed E-state index contributed by atoms with van der Waals surface area (Å²) >= 11 is 0. The van der Waals surface area contributed by atoms with Gasteiger partial charge in [-0.1, -0.05) is 47.6 Å². The summed E-state index contributed by atoms with van der Waals surface area (Å²) in [5.41, 5.74) is 1.86. The maximum Gasteiger partial charge on any atom is 0.237 e. The van der Waals surface area contributed by atoms with Gasteiger partial charge in [-0.3, -0.25) is 0 Å². The molecular formula is C17H14N2O2. The molecule has 0 bridgehead atoms. The van der Waals surface area contributed by atoms with Crippen LogP contribution in [0.3, 0.4) is 0 Å². The lowest BCUT2D eigenvalue weighted by atomic mass is 9.96. The van der Waals surface area contributed by atoms with Crippen LogP contribution in [0.4, 0.5) is 0 Å². The number of hydrogen-bond acceptors (Lipinski definition) is 4. The highest BCUT2D eigenvalue weighted by atomic mass is 16.5. The zero-order valence-electron chi connectivity index (χ0n) is 11.4. The molecule has 2 aromatic carbocycles. The zero-order valence-corrected chi connectivity index (χ0v) is 11.4. The van der Waals surface area contributed by atoms with E-state index in [1.165, 1.54) is 5.56 Å². The van der Waals surface area contributed by atoms with Crippen LogP contribution >= 0.6 is 0 Å². The predicted molar refractivity (Wildman–Crippen MR) is 77.9 cm³/mol. The Hall–Kier alpha value is -2.62. The number of aromatic hydroxyl groups is 1. The average Bonchev–Trinajstić information content (AvgIpc) is 3.18. The van der Waals surface area contributed by atoms with Crippen LogP contribution in [0.1, 0.15) is 24.3 Å². The number of aromatic nitrogens is 2. The van der Waals surface area contributed by atoms with Crippen LogP contribution in [0.25, 0.3) is 11.4 Å². The van der Waals surface area contributed by atoms with Gasteiger partial charge in [0.15, 0.2) is 0 Å². The molecule has 1 aromatic heterocycles. The molecular weight excluding hydrogens is 264 g/mol. The molecule has 0 unspecified atom stereocenters. The summed E-state index contributed by atoms with van der Waals surface area (Å²) in [4.78, 5) is 4.54. The first kappa shape index (κ1) is 12.1. The van der Waals surface area contributed by atoms with E-state index < -0.39 is 0 Å². The summed E-state index contributed by atoms with van der Waals surface area (Å²) < 4.78 is 5.50. The summed E-state index contributed by atoms with van der Waals surface area (Å²) in [5.74, 6) is 1.37. The van der Waals surface area contributed by atoms with Gasteiger partial charge in [0.2, 0.25) is 11.7 Å². The lowest BCUT2D eigenvalue weighted by molar-refractivity contribution is 0.360. The number of benzene rings is 2. The van der Waals surface area contributed by atoms with E-state index in [4.69, 9.17) is 4.52 Å². The number of nitrogens with zero attached hydrogens (tertiary/aromatic N) is 2. The van der Waals surface area contributed by atoms with E-state index in [-0.39, 0.29) is 11.2 Å². The summed E-state index contributed by atoms with van der Waals surface area (Å²) in [5, 5.41) is 13.6. The van der Waals surface area contributed by atoms with E-state index in [0.29, 0.717) is 11.7 Å². The van der Waals surface area contributed by atoms with Gasteiger partial charge in [0, 0.05) is 5.56 Å². The van der Waals surface area contributed by atoms with Crippen LogP contribution in [0.2, 0.25) is 0 Å². The van der Waals surface area contributed by atoms with Crippen LogP contribution < -0.4 is 0 Å². The largest absolute Gasteiger partial charge is 0.508 e. The van der Waals surface area contributed by atoms with Crippen molar-refractivity contribution in [2.75, 3.05) is 0 Å². The van der Waals surface area contributed by atoms with Gasteiger partial charge in [0.05, 0.1) is 5.41 Å². The Morgan fingerprint density at radius 3 is 2.52 bits per heavy atom. The first-order valence-corrected chi connectivity index (χ1v) is 6.97. The van der Waals surface area contributed by atoms with E-state index in [1.807, 2.05) is 24.3 Å². The molecule has 4 nitrogen and oxygen atoms in total. The van der Waals surface area contributed by atoms with E-state index in [9.17, 15) is 5.11 Å². The van der Waals surface area contributed by atoms with Gasteiger partial charge in [0.1, 0.15) is 5.75 Å². The molecule has 0 radical (unpaired) electrons. The Balaban J connectivity index is 1.72. The van der Waals surface area contributed by atoms with Gasteiger partial charge >= 0.3 is 0 Å². The second kappa shape index (κ2) is 4.45. The smallest absolute Gasteiger partial charge is 0.237 e. The maximum atomic E-state index is 9.55. The van der Waals surface area contributed by atoms with Crippen molar-refractivity contribution in [1.29, 1.82) is 0 Å².